The number of anilines is 1. The molecule has 0 spiro atoms. The molecule has 0 heterocycles. The third-order valence-electron chi connectivity index (χ3n) is 3.53. The minimum Gasteiger partial charge on any atom is -0.373 e. The molecule has 2 rings (SSSR count). The second-order valence-corrected chi connectivity index (χ2v) is 5.22. The first kappa shape index (κ1) is 12.3. The van der Waals surface area contributed by atoms with Crippen molar-refractivity contribution in [1.29, 1.82) is 5.26 Å². The van der Waals surface area contributed by atoms with Gasteiger partial charge in [0.2, 0.25) is 0 Å². The van der Waals surface area contributed by atoms with Crippen LogP contribution in [-0.2, 0) is 5.88 Å². The van der Waals surface area contributed by atoms with E-state index in [9.17, 15) is 0 Å². The molecule has 0 aromatic heterocycles. The molecule has 0 radical (unpaired) electrons. The predicted molar refractivity (Wildman–Crippen MR) is 71.3 cm³/mol. The van der Waals surface area contributed by atoms with Crippen molar-refractivity contribution in [2.45, 2.75) is 19.2 Å². The number of halogens is 1. The van der Waals surface area contributed by atoms with Gasteiger partial charge in [-0.05, 0) is 36.0 Å². The van der Waals surface area contributed by atoms with Crippen LogP contribution >= 0.6 is 11.6 Å². The lowest BCUT2D eigenvalue weighted by atomic mass is 10.1. The Morgan fingerprint density at radius 3 is 2.76 bits per heavy atom. The van der Waals surface area contributed by atoms with Gasteiger partial charge in [-0.15, -0.1) is 11.6 Å². The predicted octanol–water partition coefficient (Wildman–Crippen LogP) is 3.39. The van der Waals surface area contributed by atoms with Crippen LogP contribution in [0.4, 0.5) is 5.69 Å². The first-order chi connectivity index (χ1) is 8.15. The van der Waals surface area contributed by atoms with E-state index < -0.39 is 0 Å². The average molecular weight is 249 g/mol. The van der Waals surface area contributed by atoms with Gasteiger partial charge in [0.25, 0.3) is 0 Å². The smallest absolute Gasteiger partial charge is 0.101 e. The molecule has 2 atom stereocenters. The maximum absolute atomic E-state index is 9.17. The number of rotatable bonds is 4. The monoisotopic (exact) mass is 248 g/mol. The van der Waals surface area contributed by atoms with Crippen LogP contribution in [0.15, 0.2) is 18.2 Å². The van der Waals surface area contributed by atoms with E-state index in [4.69, 9.17) is 16.9 Å². The van der Waals surface area contributed by atoms with Gasteiger partial charge in [0.05, 0.1) is 11.3 Å². The third kappa shape index (κ3) is 2.73. The molecule has 0 bridgehead atoms. The standard InChI is InChI=1S/C14H17ClN2/c1-10-5-13(10)9-17(2)14-4-3-11(7-15)6-12(14)8-16/h3-4,6,10,13H,5,7,9H2,1-2H3. The number of nitriles is 1. The van der Waals surface area contributed by atoms with Crippen LogP contribution in [0.2, 0.25) is 0 Å². The molecule has 1 aliphatic carbocycles. The Morgan fingerprint density at radius 2 is 2.24 bits per heavy atom. The Morgan fingerprint density at radius 1 is 1.53 bits per heavy atom. The van der Waals surface area contributed by atoms with Crippen molar-refractivity contribution in [3.63, 3.8) is 0 Å². The first-order valence-corrected chi connectivity index (χ1v) is 6.49. The van der Waals surface area contributed by atoms with E-state index in [0.717, 1.165) is 35.2 Å². The van der Waals surface area contributed by atoms with Gasteiger partial charge in [0.15, 0.2) is 0 Å². The fourth-order valence-corrected chi connectivity index (χ4v) is 2.36. The van der Waals surface area contributed by atoms with Crippen molar-refractivity contribution >= 4 is 17.3 Å². The maximum atomic E-state index is 9.17. The Hall–Kier alpha value is -1.20. The molecule has 0 N–H and O–H groups in total. The van der Waals surface area contributed by atoms with Crippen LogP contribution in [0.1, 0.15) is 24.5 Å². The van der Waals surface area contributed by atoms with Crippen LogP contribution in [0.3, 0.4) is 0 Å². The molecule has 0 saturated heterocycles. The van der Waals surface area contributed by atoms with Crippen LogP contribution in [0, 0.1) is 23.2 Å². The third-order valence-corrected chi connectivity index (χ3v) is 3.84. The normalized spacial score (nSPS) is 22.0. The fourth-order valence-electron chi connectivity index (χ4n) is 2.19. The Balaban J connectivity index is 2.16. The number of hydrogen-bond acceptors (Lipinski definition) is 2. The Labute approximate surface area is 108 Å². The summed E-state index contributed by atoms with van der Waals surface area (Å²) in [6.45, 7) is 3.32. The molecule has 1 fully saturated rings. The molecule has 2 unspecified atom stereocenters. The highest BCUT2D eigenvalue weighted by atomic mass is 35.5. The molecular weight excluding hydrogens is 232 g/mol. The maximum Gasteiger partial charge on any atom is 0.101 e. The number of hydrogen-bond donors (Lipinski definition) is 0. The summed E-state index contributed by atoms with van der Waals surface area (Å²) in [4.78, 5) is 2.19. The van der Waals surface area contributed by atoms with E-state index in [1.54, 1.807) is 0 Å². The molecule has 3 heteroatoms. The molecule has 17 heavy (non-hydrogen) atoms. The van der Waals surface area contributed by atoms with Crippen LogP contribution in [0.25, 0.3) is 0 Å². The Bertz CT molecular complexity index is 450. The van der Waals surface area contributed by atoms with E-state index in [1.807, 2.05) is 18.2 Å². The van der Waals surface area contributed by atoms with E-state index in [1.165, 1.54) is 6.42 Å². The fraction of sp³-hybridized carbons (Fsp3) is 0.500. The average Bonchev–Trinajstić information content (AvgIpc) is 3.03. The summed E-state index contributed by atoms with van der Waals surface area (Å²) in [5.74, 6) is 2.09. The molecule has 1 aliphatic rings. The van der Waals surface area contributed by atoms with Crippen molar-refractivity contribution in [2.24, 2.45) is 11.8 Å². The summed E-state index contributed by atoms with van der Waals surface area (Å²) in [7, 11) is 2.06. The van der Waals surface area contributed by atoms with Gasteiger partial charge in [-0.25, -0.2) is 0 Å². The summed E-state index contributed by atoms with van der Waals surface area (Å²) in [6.07, 6.45) is 1.31. The van der Waals surface area contributed by atoms with E-state index in [0.29, 0.717) is 5.88 Å². The zero-order valence-electron chi connectivity index (χ0n) is 10.3. The lowest BCUT2D eigenvalue weighted by Gasteiger charge is -2.20. The number of alkyl halides is 1. The second kappa shape index (κ2) is 4.98. The molecule has 0 aliphatic heterocycles. The molecule has 0 amide bonds. The van der Waals surface area contributed by atoms with Gasteiger partial charge in [0, 0.05) is 19.5 Å². The van der Waals surface area contributed by atoms with E-state index >= 15 is 0 Å². The molecular formula is C14H17ClN2. The summed E-state index contributed by atoms with van der Waals surface area (Å²) < 4.78 is 0. The zero-order valence-corrected chi connectivity index (χ0v) is 11.0. The van der Waals surface area contributed by atoms with Gasteiger partial charge >= 0.3 is 0 Å². The van der Waals surface area contributed by atoms with Crippen molar-refractivity contribution in [1.82, 2.24) is 0 Å². The largest absolute Gasteiger partial charge is 0.373 e. The Kier molecular flexibility index (Phi) is 3.59. The van der Waals surface area contributed by atoms with E-state index in [2.05, 4.69) is 24.9 Å². The number of nitrogens with zero attached hydrogens (tertiary/aromatic N) is 2. The van der Waals surface area contributed by atoms with Crippen molar-refractivity contribution < 1.29 is 0 Å². The summed E-state index contributed by atoms with van der Waals surface area (Å²) in [5.41, 5.74) is 2.74. The van der Waals surface area contributed by atoms with Gasteiger partial charge < -0.3 is 4.90 Å². The topological polar surface area (TPSA) is 27.0 Å². The van der Waals surface area contributed by atoms with Gasteiger partial charge in [-0.2, -0.15) is 5.26 Å². The van der Waals surface area contributed by atoms with Crippen LogP contribution < -0.4 is 4.90 Å². The quantitative estimate of drug-likeness (QED) is 0.764. The highest BCUT2D eigenvalue weighted by molar-refractivity contribution is 6.17. The summed E-state index contributed by atoms with van der Waals surface area (Å²) >= 11 is 5.78. The van der Waals surface area contributed by atoms with Crippen molar-refractivity contribution in [3.05, 3.63) is 29.3 Å². The highest BCUT2D eigenvalue weighted by Crippen LogP contribution is 2.39. The molecule has 2 nitrogen and oxygen atoms in total. The lowest BCUT2D eigenvalue weighted by Crippen LogP contribution is -2.21. The van der Waals surface area contributed by atoms with Gasteiger partial charge in [-0.1, -0.05) is 13.0 Å². The molecule has 1 saturated carbocycles. The van der Waals surface area contributed by atoms with Gasteiger partial charge in [0.1, 0.15) is 6.07 Å². The van der Waals surface area contributed by atoms with Gasteiger partial charge in [-0.3, -0.25) is 0 Å². The summed E-state index contributed by atoms with van der Waals surface area (Å²) in [6, 6.07) is 8.14. The minimum atomic E-state index is 0.457. The second-order valence-electron chi connectivity index (χ2n) is 4.95. The highest BCUT2D eigenvalue weighted by Gasteiger charge is 2.33. The molecule has 1 aromatic carbocycles. The molecule has 1 aromatic rings. The van der Waals surface area contributed by atoms with Crippen molar-refractivity contribution in [2.75, 3.05) is 18.5 Å². The number of benzene rings is 1. The minimum absolute atomic E-state index is 0.457. The summed E-state index contributed by atoms with van der Waals surface area (Å²) in [5, 5.41) is 9.17. The SMILES string of the molecule is CC1CC1CN(C)c1ccc(CCl)cc1C#N. The van der Waals surface area contributed by atoms with E-state index in [-0.39, 0.29) is 0 Å². The van der Waals surface area contributed by atoms with Crippen molar-refractivity contribution in [3.8, 4) is 6.07 Å². The van der Waals surface area contributed by atoms with Crippen LogP contribution in [-0.4, -0.2) is 13.6 Å². The lowest BCUT2D eigenvalue weighted by molar-refractivity contribution is 0.725. The first-order valence-electron chi connectivity index (χ1n) is 5.95. The molecule has 90 valence electrons. The zero-order chi connectivity index (χ0) is 12.4. The van der Waals surface area contributed by atoms with Crippen LogP contribution in [0.5, 0.6) is 0 Å².